The third-order valence-corrected chi connectivity index (χ3v) is 6.11. The van der Waals surface area contributed by atoms with Crippen LogP contribution in [0.3, 0.4) is 0 Å². The molecule has 0 heterocycles. The van der Waals surface area contributed by atoms with Crippen molar-refractivity contribution in [3.8, 4) is 0 Å². The number of hydrogen-bond acceptors (Lipinski definition) is 0. The summed E-state index contributed by atoms with van der Waals surface area (Å²) < 4.78 is 0. The summed E-state index contributed by atoms with van der Waals surface area (Å²) in [5, 5.41) is 0. The van der Waals surface area contributed by atoms with E-state index in [1.807, 2.05) is 0 Å². The second-order valence-corrected chi connectivity index (χ2v) is 8.17. The molecular weight excluding hydrogens is 308 g/mol. The molecule has 1 aliphatic rings. The van der Waals surface area contributed by atoms with Crippen molar-refractivity contribution in [2.24, 2.45) is 5.92 Å². The molecule has 1 aliphatic carbocycles. The molecule has 0 spiro atoms. The van der Waals surface area contributed by atoms with E-state index in [2.05, 4.69) is 61.0 Å². The molecular formula is C19H29Br. The van der Waals surface area contributed by atoms with Gasteiger partial charge in [-0.1, -0.05) is 93.1 Å². The predicted octanol–water partition coefficient (Wildman–Crippen LogP) is 6.78. The molecule has 0 aromatic heterocycles. The Balaban J connectivity index is 1.98. The van der Waals surface area contributed by atoms with Crippen molar-refractivity contribution < 1.29 is 0 Å². The molecule has 2 rings (SSSR count). The summed E-state index contributed by atoms with van der Waals surface area (Å²) in [7, 11) is 0. The van der Waals surface area contributed by atoms with Gasteiger partial charge in [-0.15, -0.1) is 0 Å². The third kappa shape index (κ3) is 4.10. The fourth-order valence-electron chi connectivity index (χ4n) is 3.20. The molecule has 0 bridgehead atoms. The summed E-state index contributed by atoms with van der Waals surface area (Å²) in [5.74, 6) is 0.930. The molecule has 1 fully saturated rings. The Kier molecular flexibility index (Phi) is 5.72. The Morgan fingerprint density at radius 3 is 2.25 bits per heavy atom. The van der Waals surface area contributed by atoms with E-state index in [0.29, 0.717) is 10.2 Å². The Bertz CT molecular complexity index is 398. The molecule has 0 radical (unpaired) electrons. The predicted molar refractivity (Wildman–Crippen MR) is 92.6 cm³/mol. The van der Waals surface area contributed by atoms with Crippen molar-refractivity contribution in [1.29, 1.82) is 0 Å². The van der Waals surface area contributed by atoms with Crippen LogP contribution in [0.25, 0.3) is 0 Å². The van der Waals surface area contributed by atoms with Crippen molar-refractivity contribution in [2.75, 3.05) is 0 Å². The average Bonchev–Trinajstić information content (AvgIpc) is 2.48. The van der Waals surface area contributed by atoms with Crippen LogP contribution in [0.4, 0.5) is 0 Å². The van der Waals surface area contributed by atoms with E-state index in [4.69, 9.17) is 0 Å². The maximum Gasteiger partial charge on any atom is 0.0397 e. The van der Waals surface area contributed by atoms with Gasteiger partial charge in [0.15, 0.2) is 0 Å². The zero-order chi connectivity index (χ0) is 14.6. The van der Waals surface area contributed by atoms with Gasteiger partial charge in [0, 0.05) is 4.83 Å². The molecule has 0 amide bonds. The summed E-state index contributed by atoms with van der Waals surface area (Å²) >= 11 is 3.91. The summed E-state index contributed by atoms with van der Waals surface area (Å²) in [6.45, 7) is 6.93. The van der Waals surface area contributed by atoms with Crippen molar-refractivity contribution in [3.05, 3.63) is 35.4 Å². The number of alkyl halides is 1. The first-order valence-electron chi connectivity index (χ1n) is 8.27. The molecule has 0 nitrogen and oxygen atoms in total. The van der Waals surface area contributed by atoms with Crippen LogP contribution in [0.2, 0.25) is 0 Å². The topological polar surface area (TPSA) is 0 Å². The van der Waals surface area contributed by atoms with Gasteiger partial charge >= 0.3 is 0 Å². The van der Waals surface area contributed by atoms with Gasteiger partial charge in [-0.3, -0.25) is 0 Å². The molecule has 1 saturated carbocycles. The van der Waals surface area contributed by atoms with Gasteiger partial charge in [-0.25, -0.2) is 0 Å². The monoisotopic (exact) mass is 336 g/mol. The van der Waals surface area contributed by atoms with Crippen molar-refractivity contribution >= 4 is 15.9 Å². The van der Waals surface area contributed by atoms with E-state index >= 15 is 0 Å². The van der Waals surface area contributed by atoms with Gasteiger partial charge in [0.05, 0.1) is 0 Å². The second kappa shape index (κ2) is 7.11. The van der Waals surface area contributed by atoms with Gasteiger partial charge in [-0.05, 0) is 35.3 Å². The molecule has 0 saturated heterocycles. The van der Waals surface area contributed by atoms with E-state index in [1.54, 1.807) is 0 Å². The summed E-state index contributed by atoms with van der Waals surface area (Å²) in [5.41, 5.74) is 3.20. The van der Waals surface area contributed by atoms with Gasteiger partial charge in [0.2, 0.25) is 0 Å². The molecule has 1 heteroatoms. The zero-order valence-electron chi connectivity index (χ0n) is 13.3. The average molecular weight is 337 g/mol. The number of hydrogen-bond donors (Lipinski definition) is 0. The highest BCUT2D eigenvalue weighted by molar-refractivity contribution is 9.09. The molecule has 1 atom stereocenters. The molecule has 20 heavy (non-hydrogen) atoms. The maximum atomic E-state index is 3.91. The van der Waals surface area contributed by atoms with E-state index in [-0.39, 0.29) is 0 Å². The smallest absolute Gasteiger partial charge is 0.0397 e. The maximum absolute atomic E-state index is 3.91. The van der Waals surface area contributed by atoms with Gasteiger partial charge in [-0.2, -0.15) is 0 Å². The van der Waals surface area contributed by atoms with Crippen LogP contribution < -0.4 is 0 Å². The fraction of sp³-hybridized carbons (Fsp3) is 0.684. The number of halogens is 1. The van der Waals surface area contributed by atoms with Gasteiger partial charge in [0.1, 0.15) is 0 Å². The molecule has 0 aliphatic heterocycles. The summed E-state index contributed by atoms with van der Waals surface area (Å²) in [6, 6.07) is 9.31. The quantitative estimate of drug-likeness (QED) is 0.519. The van der Waals surface area contributed by atoms with Crippen molar-refractivity contribution in [3.63, 3.8) is 0 Å². The highest BCUT2D eigenvalue weighted by Crippen LogP contribution is 2.37. The number of benzene rings is 1. The molecule has 1 aromatic carbocycles. The Morgan fingerprint density at radius 2 is 1.70 bits per heavy atom. The lowest BCUT2D eigenvalue weighted by Gasteiger charge is -2.26. The van der Waals surface area contributed by atoms with Crippen LogP contribution >= 0.6 is 15.9 Å². The van der Waals surface area contributed by atoms with Gasteiger partial charge in [0.25, 0.3) is 0 Å². The highest BCUT2D eigenvalue weighted by Gasteiger charge is 2.20. The summed E-state index contributed by atoms with van der Waals surface area (Å²) in [4.78, 5) is 0.532. The Labute approximate surface area is 133 Å². The van der Waals surface area contributed by atoms with Crippen LogP contribution in [0.1, 0.15) is 81.7 Å². The van der Waals surface area contributed by atoms with Crippen LogP contribution in [-0.2, 0) is 5.41 Å². The minimum atomic E-state index is 0.295. The van der Waals surface area contributed by atoms with Crippen LogP contribution in [0.15, 0.2) is 24.3 Å². The van der Waals surface area contributed by atoms with Gasteiger partial charge < -0.3 is 0 Å². The number of rotatable bonds is 5. The van der Waals surface area contributed by atoms with Crippen molar-refractivity contribution in [1.82, 2.24) is 0 Å². The Hall–Kier alpha value is -0.300. The zero-order valence-corrected chi connectivity index (χ0v) is 14.9. The molecule has 112 valence electrons. The van der Waals surface area contributed by atoms with E-state index in [0.717, 1.165) is 5.92 Å². The first kappa shape index (κ1) is 16.1. The van der Waals surface area contributed by atoms with Crippen LogP contribution in [-0.4, -0.2) is 0 Å². The minimum absolute atomic E-state index is 0.295. The van der Waals surface area contributed by atoms with E-state index < -0.39 is 0 Å². The standard InChI is InChI=1S/C19H29Br/c1-4-19(2,3)17-12-10-16(11-13-17)18(20)14-15-8-6-5-7-9-15/h10-13,15,18H,4-9,14H2,1-3H3. The normalized spacial score (nSPS) is 19.0. The lowest BCUT2D eigenvalue weighted by Crippen LogP contribution is -2.15. The second-order valence-electron chi connectivity index (χ2n) is 7.07. The first-order chi connectivity index (χ1) is 9.53. The van der Waals surface area contributed by atoms with Crippen LogP contribution in [0, 0.1) is 5.92 Å². The lowest BCUT2D eigenvalue weighted by atomic mass is 9.81. The third-order valence-electron chi connectivity index (χ3n) is 5.20. The minimum Gasteiger partial charge on any atom is -0.0839 e. The van der Waals surface area contributed by atoms with Crippen molar-refractivity contribution in [2.45, 2.75) is 76.0 Å². The van der Waals surface area contributed by atoms with Crippen LogP contribution in [0.5, 0.6) is 0 Å². The molecule has 1 aromatic rings. The lowest BCUT2D eigenvalue weighted by molar-refractivity contribution is 0.338. The van der Waals surface area contributed by atoms with E-state index in [1.165, 1.54) is 56.1 Å². The van der Waals surface area contributed by atoms with E-state index in [9.17, 15) is 0 Å². The molecule has 1 unspecified atom stereocenters. The first-order valence-corrected chi connectivity index (χ1v) is 9.19. The molecule has 0 N–H and O–H groups in total. The Morgan fingerprint density at radius 1 is 1.10 bits per heavy atom. The SMILES string of the molecule is CCC(C)(C)c1ccc(C(Br)CC2CCCCC2)cc1. The fourth-order valence-corrected chi connectivity index (χ4v) is 4.03. The summed E-state index contributed by atoms with van der Waals surface area (Å²) in [6.07, 6.45) is 9.68. The highest BCUT2D eigenvalue weighted by atomic mass is 79.9. The largest absolute Gasteiger partial charge is 0.0839 e.